The molecule has 0 bridgehead atoms. The summed E-state index contributed by atoms with van der Waals surface area (Å²) in [6, 6.07) is 0. The van der Waals surface area contributed by atoms with Crippen LogP contribution in [-0.4, -0.2) is 34.2 Å². The topological polar surface area (TPSA) is 80.9 Å². The van der Waals surface area contributed by atoms with Gasteiger partial charge in [0, 0.05) is 12.4 Å². The highest BCUT2D eigenvalue weighted by molar-refractivity contribution is 7.99. The number of hydrogen-bond acceptors (Lipinski definition) is 5. The highest BCUT2D eigenvalue weighted by atomic mass is 32.2. The third-order valence-corrected chi connectivity index (χ3v) is 3.71. The highest BCUT2D eigenvalue weighted by Gasteiger charge is 2.27. The van der Waals surface area contributed by atoms with Crippen molar-refractivity contribution in [3.05, 3.63) is 18.6 Å². The molecule has 17 heavy (non-hydrogen) atoms. The number of aromatic nitrogens is 2. The lowest BCUT2D eigenvalue weighted by Crippen LogP contribution is -2.51. The molecule has 1 amide bonds. The number of nitrogens with zero attached hydrogens (tertiary/aromatic N) is 2. The Morgan fingerprint density at radius 3 is 2.88 bits per heavy atom. The Bertz CT molecular complexity index is 360. The molecule has 0 radical (unpaired) electrons. The summed E-state index contributed by atoms with van der Waals surface area (Å²) in [5.41, 5.74) is 4.72. The van der Waals surface area contributed by atoms with Crippen molar-refractivity contribution in [2.45, 2.75) is 30.3 Å². The third-order valence-electron chi connectivity index (χ3n) is 2.71. The molecule has 6 heteroatoms. The second-order valence-corrected chi connectivity index (χ2v) is 5.06. The fourth-order valence-electron chi connectivity index (χ4n) is 1.33. The van der Waals surface area contributed by atoms with E-state index in [0.29, 0.717) is 6.42 Å². The minimum Gasteiger partial charge on any atom is -0.368 e. The molecule has 0 saturated heterocycles. The van der Waals surface area contributed by atoms with Crippen molar-refractivity contribution in [1.82, 2.24) is 15.3 Å². The average molecular weight is 254 g/mol. The van der Waals surface area contributed by atoms with Crippen LogP contribution in [0, 0.1) is 0 Å². The Morgan fingerprint density at radius 2 is 2.35 bits per heavy atom. The van der Waals surface area contributed by atoms with Crippen LogP contribution in [0.5, 0.6) is 0 Å². The molecular formula is C11H18N4OS. The summed E-state index contributed by atoms with van der Waals surface area (Å²) in [4.78, 5) is 19.4. The minimum atomic E-state index is -0.622. The largest absolute Gasteiger partial charge is 0.368 e. The number of nitrogens with one attached hydrogen (secondary N) is 1. The van der Waals surface area contributed by atoms with Gasteiger partial charge in [-0.3, -0.25) is 9.78 Å². The summed E-state index contributed by atoms with van der Waals surface area (Å²) < 4.78 is 0. The van der Waals surface area contributed by atoms with Gasteiger partial charge in [-0.25, -0.2) is 4.98 Å². The van der Waals surface area contributed by atoms with E-state index < -0.39 is 5.54 Å². The Balaban J connectivity index is 2.31. The molecule has 0 fully saturated rings. The van der Waals surface area contributed by atoms with E-state index in [0.717, 1.165) is 17.2 Å². The Labute approximate surface area is 106 Å². The van der Waals surface area contributed by atoms with Gasteiger partial charge in [0.1, 0.15) is 5.03 Å². The summed E-state index contributed by atoms with van der Waals surface area (Å²) in [5, 5.41) is 3.87. The molecule has 94 valence electrons. The van der Waals surface area contributed by atoms with E-state index in [1.165, 1.54) is 0 Å². The molecule has 1 atom stereocenters. The van der Waals surface area contributed by atoms with Crippen LogP contribution < -0.4 is 11.1 Å². The Kier molecular flexibility index (Phi) is 5.37. The first-order valence-electron chi connectivity index (χ1n) is 5.46. The molecule has 0 aliphatic heterocycles. The monoisotopic (exact) mass is 254 g/mol. The molecule has 5 nitrogen and oxygen atoms in total. The van der Waals surface area contributed by atoms with Gasteiger partial charge in [-0.2, -0.15) is 0 Å². The molecule has 0 aliphatic carbocycles. The maximum atomic E-state index is 11.2. The predicted octanol–water partition coefficient (Wildman–Crippen LogP) is 0.812. The average Bonchev–Trinajstić information content (AvgIpc) is 2.35. The third kappa shape index (κ3) is 4.32. The summed E-state index contributed by atoms with van der Waals surface area (Å²) in [6.45, 7) is 1.82. The number of amides is 1. The van der Waals surface area contributed by atoms with Crippen LogP contribution in [-0.2, 0) is 4.79 Å². The number of likely N-dealkylation sites (N-methyl/N-ethyl adjacent to an activating group) is 1. The van der Waals surface area contributed by atoms with E-state index in [-0.39, 0.29) is 5.91 Å². The van der Waals surface area contributed by atoms with Crippen LogP contribution in [0.25, 0.3) is 0 Å². The lowest BCUT2D eigenvalue weighted by molar-refractivity contribution is -0.123. The van der Waals surface area contributed by atoms with Crippen LogP contribution in [0.4, 0.5) is 0 Å². The standard InChI is InChI=1S/C11H18N4OS/c1-11(13-2,10(12)16)4-3-7-17-9-8-14-5-6-15-9/h5-6,8,13H,3-4,7H2,1-2H3,(H2,12,16). The number of primary amides is 1. The zero-order valence-electron chi connectivity index (χ0n) is 10.1. The van der Waals surface area contributed by atoms with Gasteiger partial charge in [0.15, 0.2) is 0 Å². The summed E-state index contributed by atoms with van der Waals surface area (Å²) in [5.74, 6) is 0.577. The van der Waals surface area contributed by atoms with Crippen molar-refractivity contribution in [2.24, 2.45) is 5.73 Å². The van der Waals surface area contributed by atoms with Gasteiger partial charge >= 0.3 is 0 Å². The molecule has 1 aromatic rings. The fraction of sp³-hybridized carbons (Fsp3) is 0.545. The predicted molar refractivity (Wildman–Crippen MR) is 68.6 cm³/mol. The highest BCUT2D eigenvalue weighted by Crippen LogP contribution is 2.18. The van der Waals surface area contributed by atoms with Gasteiger partial charge in [-0.05, 0) is 32.6 Å². The van der Waals surface area contributed by atoms with Crippen molar-refractivity contribution >= 4 is 17.7 Å². The molecule has 1 heterocycles. The molecule has 0 aliphatic rings. The fourth-order valence-corrected chi connectivity index (χ4v) is 2.10. The van der Waals surface area contributed by atoms with Crippen LogP contribution in [0.1, 0.15) is 19.8 Å². The van der Waals surface area contributed by atoms with E-state index in [4.69, 9.17) is 5.73 Å². The van der Waals surface area contributed by atoms with E-state index in [1.54, 1.807) is 37.4 Å². The van der Waals surface area contributed by atoms with E-state index in [9.17, 15) is 4.79 Å². The first kappa shape index (κ1) is 13.9. The summed E-state index contributed by atoms with van der Waals surface area (Å²) in [7, 11) is 1.75. The normalized spacial score (nSPS) is 14.2. The van der Waals surface area contributed by atoms with E-state index >= 15 is 0 Å². The van der Waals surface area contributed by atoms with Crippen molar-refractivity contribution in [3.63, 3.8) is 0 Å². The van der Waals surface area contributed by atoms with Crippen LogP contribution in [0.3, 0.4) is 0 Å². The van der Waals surface area contributed by atoms with Gasteiger partial charge in [0.25, 0.3) is 0 Å². The number of carbonyl (C=O) groups is 1. The van der Waals surface area contributed by atoms with Crippen molar-refractivity contribution < 1.29 is 4.79 Å². The second kappa shape index (κ2) is 6.56. The molecule has 0 spiro atoms. The molecule has 0 saturated carbocycles. The van der Waals surface area contributed by atoms with Crippen LogP contribution in [0.2, 0.25) is 0 Å². The number of thioether (sulfide) groups is 1. The molecule has 1 aromatic heterocycles. The smallest absolute Gasteiger partial charge is 0.237 e. The van der Waals surface area contributed by atoms with Gasteiger partial charge in [-0.1, -0.05) is 0 Å². The lowest BCUT2D eigenvalue weighted by atomic mass is 9.96. The van der Waals surface area contributed by atoms with Crippen LogP contribution >= 0.6 is 11.8 Å². The zero-order chi connectivity index (χ0) is 12.7. The zero-order valence-corrected chi connectivity index (χ0v) is 11.0. The first-order chi connectivity index (χ1) is 8.08. The summed E-state index contributed by atoms with van der Waals surface area (Å²) in [6.07, 6.45) is 6.66. The van der Waals surface area contributed by atoms with Gasteiger partial charge in [0.05, 0.1) is 11.7 Å². The first-order valence-corrected chi connectivity index (χ1v) is 6.44. The number of nitrogens with two attached hydrogens (primary N) is 1. The lowest BCUT2D eigenvalue weighted by Gasteiger charge is -2.25. The van der Waals surface area contributed by atoms with E-state index in [2.05, 4.69) is 15.3 Å². The summed E-state index contributed by atoms with van der Waals surface area (Å²) >= 11 is 1.63. The molecule has 3 N–H and O–H groups in total. The molecule has 0 aromatic carbocycles. The van der Waals surface area contributed by atoms with Crippen molar-refractivity contribution in [2.75, 3.05) is 12.8 Å². The van der Waals surface area contributed by atoms with Gasteiger partial charge in [-0.15, -0.1) is 11.8 Å². The molecule has 1 unspecified atom stereocenters. The quantitative estimate of drug-likeness (QED) is 0.556. The van der Waals surface area contributed by atoms with Crippen LogP contribution in [0.15, 0.2) is 23.6 Å². The number of rotatable bonds is 7. The van der Waals surface area contributed by atoms with E-state index in [1.807, 2.05) is 6.92 Å². The van der Waals surface area contributed by atoms with Crippen molar-refractivity contribution in [1.29, 1.82) is 0 Å². The number of carbonyl (C=O) groups excluding carboxylic acids is 1. The van der Waals surface area contributed by atoms with Crippen molar-refractivity contribution in [3.8, 4) is 0 Å². The Morgan fingerprint density at radius 1 is 1.59 bits per heavy atom. The Hall–Kier alpha value is -1.14. The SMILES string of the molecule is CNC(C)(CCCSc1cnccn1)C(N)=O. The minimum absolute atomic E-state index is 0.315. The molecular weight excluding hydrogens is 236 g/mol. The number of hydrogen-bond donors (Lipinski definition) is 2. The van der Waals surface area contributed by atoms with Gasteiger partial charge in [0.2, 0.25) is 5.91 Å². The molecule has 1 rings (SSSR count). The van der Waals surface area contributed by atoms with Gasteiger partial charge < -0.3 is 11.1 Å². The maximum absolute atomic E-state index is 11.2. The maximum Gasteiger partial charge on any atom is 0.237 e. The second-order valence-electron chi connectivity index (χ2n) is 3.94.